The van der Waals surface area contributed by atoms with Crippen molar-refractivity contribution in [1.29, 1.82) is 0 Å². The highest BCUT2D eigenvalue weighted by molar-refractivity contribution is 5.37. The Kier molecular flexibility index (Phi) is 5.07. The molecule has 106 valence electrons. The molecule has 1 atom stereocenters. The van der Waals surface area contributed by atoms with Gasteiger partial charge in [0.15, 0.2) is 0 Å². The van der Waals surface area contributed by atoms with Gasteiger partial charge in [0, 0.05) is 12.8 Å². The molecule has 1 unspecified atom stereocenters. The zero-order valence-electron chi connectivity index (χ0n) is 12.0. The van der Waals surface area contributed by atoms with E-state index in [-0.39, 0.29) is 12.6 Å². The lowest BCUT2D eigenvalue weighted by Gasteiger charge is -2.19. The quantitative estimate of drug-likeness (QED) is 0.847. The summed E-state index contributed by atoms with van der Waals surface area (Å²) in [6.07, 6.45) is 3.86. The third-order valence-corrected chi connectivity index (χ3v) is 3.33. The summed E-state index contributed by atoms with van der Waals surface area (Å²) in [5.41, 5.74) is 2.47. The molecular formula is C16H21N3O. The molecule has 1 heterocycles. The predicted molar refractivity (Wildman–Crippen MR) is 80.6 cm³/mol. The Bertz CT molecular complexity index is 511. The van der Waals surface area contributed by atoms with E-state index in [1.807, 2.05) is 6.07 Å². The summed E-state index contributed by atoms with van der Waals surface area (Å²) in [7, 11) is 0. The molecule has 0 bridgehead atoms. The molecule has 0 aliphatic heterocycles. The molecule has 0 amide bonds. The number of nitrogens with one attached hydrogen (secondary N) is 1. The van der Waals surface area contributed by atoms with Gasteiger partial charge in [0.2, 0.25) is 0 Å². The first kappa shape index (κ1) is 14.5. The Balaban J connectivity index is 2.15. The summed E-state index contributed by atoms with van der Waals surface area (Å²) >= 11 is 0. The Labute approximate surface area is 119 Å². The first-order valence-corrected chi connectivity index (χ1v) is 6.94. The van der Waals surface area contributed by atoms with Gasteiger partial charge in [0.25, 0.3) is 0 Å². The van der Waals surface area contributed by atoms with Crippen LogP contribution < -0.4 is 5.32 Å². The summed E-state index contributed by atoms with van der Waals surface area (Å²) < 4.78 is 0. The molecule has 2 rings (SSSR count). The predicted octanol–water partition coefficient (Wildman–Crippen LogP) is 3.14. The van der Waals surface area contributed by atoms with Crippen molar-refractivity contribution >= 4 is 5.82 Å². The van der Waals surface area contributed by atoms with Crippen molar-refractivity contribution in [2.24, 2.45) is 0 Å². The van der Waals surface area contributed by atoms with Crippen LogP contribution in [-0.4, -0.2) is 21.7 Å². The molecule has 4 nitrogen and oxygen atoms in total. The van der Waals surface area contributed by atoms with E-state index < -0.39 is 0 Å². The average Bonchev–Trinajstić information content (AvgIpc) is 2.48. The highest BCUT2D eigenvalue weighted by Crippen LogP contribution is 2.23. The molecule has 0 saturated heterocycles. The van der Waals surface area contributed by atoms with Crippen LogP contribution in [-0.2, 0) is 0 Å². The fourth-order valence-electron chi connectivity index (χ4n) is 2.12. The standard InChI is InChI=1S/C16H21N3O/c1-12(2)13-3-5-14(6-4-13)15(8-10-20)19-16-7-9-17-11-18-16/h3-7,9,11-12,15,20H,8,10H2,1-2H3,(H,17,18,19). The molecule has 20 heavy (non-hydrogen) atoms. The normalized spacial score (nSPS) is 12.4. The minimum atomic E-state index is 0.0520. The van der Waals surface area contributed by atoms with Crippen molar-refractivity contribution < 1.29 is 5.11 Å². The Morgan fingerprint density at radius 3 is 2.35 bits per heavy atom. The van der Waals surface area contributed by atoms with Crippen molar-refractivity contribution in [2.45, 2.75) is 32.2 Å². The molecule has 0 aliphatic carbocycles. The van der Waals surface area contributed by atoms with Crippen LogP contribution in [0.3, 0.4) is 0 Å². The van der Waals surface area contributed by atoms with E-state index in [1.165, 1.54) is 11.9 Å². The maximum Gasteiger partial charge on any atom is 0.129 e. The third-order valence-electron chi connectivity index (χ3n) is 3.33. The van der Waals surface area contributed by atoms with Gasteiger partial charge in [-0.05, 0) is 29.5 Å². The molecule has 0 aliphatic rings. The number of hydrogen-bond acceptors (Lipinski definition) is 4. The van der Waals surface area contributed by atoms with Crippen LogP contribution in [0.15, 0.2) is 42.9 Å². The summed E-state index contributed by atoms with van der Waals surface area (Å²) in [4.78, 5) is 8.07. The van der Waals surface area contributed by atoms with Gasteiger partial charge in [-0.3, -0.25) is 0 Å². The van der Waals surface area contributed by atoms with E-state index >= 15 is 0 Å². The summed E-state index contributed by atoms with van der Waals surface area (Å²) in [6, 6.07) is 10.4. The number of hydrogen-bond donors (Lipinski definition) is 2. The lowest BCUT2D eigenvalue weighted by atomic mass is 9.98. The second-order valence-electron chi connectivity index (χ2n) is 5.13. The van der Waals surface area contributed by atoms with Gasteiger partial charge >= 0.3 is 0 Å². The van der Waals surface area contributed by atoms with Gasteiger partial charge in [-0.2, -0.15) is 0 Å². The summed E-state index contributed by atoms with van der Waals surface area (Å²) in [5.74, 6) is 1.29. The maximum atomic E-state index is 9.25. The average molecular weight is 271 g/mol. The zero-order chi connectivity index (χ0) is 14.4. The summed E-state index contributed by atoms with van der Waals surface area (Å²) in [5, 5.41) is 12.6. The second kappa shape index (κ2) is 7.01. The highest BCUT2D eigenvalue weighted by atomic mass is 16.3. The van der Waals surface area contributed by atoms with Crippen LogP contribution in [0, 0.1) is 0 Å². The van der Waals surface area contributed by atoms with Crippen molar-refractivity contribution in [2.75, 3.05) is 11.9 Å². The fraction of sp³-hybridized carbons (Fsp3) is 0.375. The Hall–Kier alpha value is -1.94. The molecule has 0 fully saturated rings. The van der Waals surface area contributed by atoms with Gasteiger partial charge in [0.1, 0.15) is 12.1 Å². The number of benzene rings is 1. The summed E-state index contributed by atoms with van der Waals surface area (Å²) in [6.45, 7) is 4.49. The van der Waals surface area contributed by atoms with E-state index in [1.54, 1.807) is 6.20 Å². The van der Waals surface area contributed by atoms with E-state index in [4.69, 9.17) is 0 Å². The molecule has 0 spiro atoms. The molecule has 1 aromatic carbocycles. The number of nitrogens with zero attached hydrogens (tertiary/aromatic N) is 2. The van der Waals surface area contributed by atoms with E-state index in [0.717, 1.165) is 11.4 Å². The lowest BCUT2D eigenvalue weighted by Crippen LogP contribution is -2.13. The van der Waals surface area contributed by atoms with Crippen LogP contribution >= 0.6 is 0 Å². The van der Waals surface area contributed by atoms with Crippen LogP contribution in [0.2, 0.25) is 0 Å². The molecule has 2 aromatic rings. The maximum absolute atomic E-state index is 9.25. The van der Waals surface area contributed by atoms with E-state index in [9.17, 15) is 5.11 Å². The van der Waals surface area contributed by atoms with Crippen LogP contribution in [0.1, 0.15) is 43.4 Å². The SMILES string of the molecule is CC(C)c1ccc(C(CCO)Nc2ccncn2)cc1. The zero-order valence-corrected chi connectivity index (χ0v) is 12.0. The number of aromatic nitrogens is 2. The monoisotopic (exact) mass is 271 g/mol. The highest BCUT2D eigenvalue weighted by Gasteiger charge is 2.12. The number of rotatable bonds is 6. The van der Waals surface area contributed by atoms with Gasteiger partial charge in [0.05, 0.1) is 6.04 Å². The van der Waals surface area contributed by atoms with Crippen LogP contribution in [0.5, 0.6) is 0 Å². The Morgan fingerprint density at radius 1 is 1.10 bits per heavy atom. The molecular weight excluding hydrogens is 250 g/mol. The van der Waals surface area contributed by atoms with Crippen molar-refractivity contribution in [3.05, 3.63) is 54.0 Å². The van der Waals surface area contributed by atoms with Crippen molar-refractivity contribution in [3.8, 4) is 0 Å². The van der Waals surface area contributed by atoms with Gasteiger partial charge in [-0.15, -0.1) is 0 Å². The van der Waals surface area contributed by atoms with Crippen molar-refractivity contribution in [3.63, 3.8) is 0 Å². The smallest absolute Gasteiger partial charge is 0.129 e. The van der Waals surface area contributed by atoms with E-state index in [0.29, 0.717) is 12.3 Å². The third kappa shape index (κ3) is 3.78. The van der Waals surface area contributed by atoms with Crippen LogP contribution in [0.25, 0.3) is 0 Å². The molecule has 2 N–H and O–H groups in total. The lowest BCUT2D eigenvalue weighted by molar-refractivity contribution is 0.280. The van der Waals surface area contributed by atoms with Gasteiger partial charge < -0.3 is 10.4 Å². The number of aliphatic hydroxyl groups is 1. The first-order valence-electron chi connectivity index (χ1n) is 6.94. The van der Waals surface area contributed by atoms with Crippen molar-refractivity contribution in [1.82, 2.24) is 9.97 Å². The fourth-order valence-corrected chi connectivity index (χ4v) is 2.12. The second-order valence-corrected chi connectivity index (χ2v) is 5.13. The van der Waals surface area contributed by atoms with Crippen LogP contribution in [0.4, 0.5) is 5.82 Å². The molecule has 4 heteroatoms. The van der Waals surface area contributed by atoms with E-state index in [2.05, 4.69) is 53.4 Å². The largest absolute Gasteiger partial charge is 0.396 e. The molecule has 0 saturated carbocycles. The minimum Gasteiger partial charge on any atom is -0.396 e. The Morgan fingerprint density at radius 2 is 1.80 bits per heavy atom. The first-order chi connectivity index (χ1) is 9.70. The number of anilines is 1. The topological polar surface area (TPSA) is 58.0 Å². The number of aliphatic hydroxyl groups excluding tert-OH is 1. The van der Waals surface area contributed by atoms with Gasteiger partial charge in [-0.25, -0.2) is 9.97 Å². The van der Waals surface area contributed by atoms with Gasteiger partial charge in [-0.1, -0.05) is 38.1 Å². The molecule has 1 aromatic heterocycles. The molecule has 0 radical (unpaired) electrons. The minimum absolute atomic E-state index is 0.0520.